The highest BCUT2D eigenvalue weighted by Gasteiger charge is 2.15. The number of carbonyl (C=O) groups excluding carboxylic acids is 1. The number of carbonyl (C=O) groups is 1. The number of rotatable bonds is 5. The quantitative estimate of drug-likeness (QED) is 0.623. The van der Waals surface area contributed by atoms with Gasteiger partial charge < -0.3 is 19.8 Å². The van der Waals surface area contributed by atoms with Crippen LogP contribution in [-0.4, -0.2) is 42.2 Å². The van der Waals surface area contributed by atoms with Crippen LogP contribution in [-0.2, 0) is 4.74 Å². The van der Waals surface area contributed by atoms with Gasteiger partial charge in [-0.25, -0.2) is 0 Å². The number of fused-ring (bicyclic) bond motifs is 1. The molecule has 1 aromatic carbocycles. The van der Waals surface area contributed by atoms with Crippen molar-refractivity contribution in [1.82, 2.24) is 15.3 Å². The van der Waals surface area contributed by atoms with Crippen molar-refractivity contribution in [2.45, 2.75) is 12.8 Å². The molecule has 3 aromatic rings. The van der Waals surface area contributed by atoms with E-state index >= 15 is 0 Å². The number of hydrogen-bond donors (Lipinski definition) is 2. The molecule has 0 radical (unpaired) electrons. The first-order valence-electron chi connectivity index (χ1n) is 10.2. The highest BCUT2D eigenvalue weighted by molar-refractivity contribution is 5.93. The smallest absolute Gasteiger partial charge is 0.260 e. The Hall–Kier alpha value is -3.63. The average molecular weight is 417 g/mol. The molecule has 31 heavy (non-hydrogen) atoms. The molecule has 0 spiro atoms. The molecule has 2 aromatic heterocycles. The Kier molecular flexibility index (Phi) is 6.60. The molecule has 0 unspecified atom stereocenters. The lowest BCUT2D eigenvalue weighted by atomic mass is 10.0. The number of aromatic amines is 1. The fourth-order valence-corrected chi connectivity index (χ4v) is 3.41. The molecule has 1 fully saturated rings. The predicted molar refractivity (Wildman–Crippen MR) is 117 cm³/mol. The molecule has 1 aliphatic heterocycles. The fourth-order valence-electron chi connectivity index (χ4n) is 3.41. The lowest BCUT2D eigenvalue weighted by Gasteiger charge is -2.22. The summed E-state index contributed by atoms with van der Waals surface area (Å²) in [5, 5.41) is 3.54. The number of nitrogens with one attached hydrogen (secondary N) is 2. The third-order valence-corrected chi connectivity index (χ3v) is 5.15. The van der Waals surface area contributed by atoms with Crippen molar-refractivity contribution >= 4 is 16.8 Å². The number of hydrogen-bond acceptors (Lipinski definition) is 5. The van der Waals surface area contributed by atoms with Crippen LogP contribution in [0.1, 0.15) is 28.8 Å². The van der Waals surface area contributed by atoms with Crippen molar-refractivity contribution in [1.29, 1.82) is 0 Å². The maximum Gasteiger partial charge on any atom is 0.260 e. The van der Waals surface area contributed by atoms with Gasteiger partial charge in [-0.1, -0.05) is 11.8 Å². The highest BCUT2D eigenvalue weighted by Crippen LogP contribution is 2.26. The van der Waals surface area contributed by atoms with E-state index < -0.39 is 11.5 Å². The zero-order valence-corrected chi connectivity index (χ0v) is 17.0. The minimum absolute atomic E-state index is 0.0624. The SMILES string of the molecule is O=C(NCC#Cc1ccc2nccc(OCC3CCOCC3)c2c1)c1ccc[nH]c1=O. The maximum atomic E-state index is 12.1. The first kappa shape index (κ1) is 20.6. The van der Waals surface area contributed by atoms with Crippen LogP contribution in [0.2, 0.25) is 0 Å². The standard InChI is InChI=1S/C24H23N3O4/c28-23(19-4-2-11-27-24(19)29)26-10-1-3-17-5-6-21-20(15-17)22(7-12-25-21)31-16-18-8-13-30-14-9-18/h2,4-7,11-12,15,18H,8-10,13-14,16H2,(H,26,28)(H,27,29). The van der Waals surface area contributed by atoms with Gasteiger partial charge >= 0.3 is 0 Å². The van der Waals surface area contributed by atoms with Gasteiger partial charge in [0.15, 0.2) is 0 Å². The largest absolute Gasteiger partial charge is 0.493 e. The number of aromatic nitrogens is 2. The summed E-state index contributed by atoms with van der Waals surface area (Å²) in [5.41, 5.74) is 1.27. The second-order valence-corrected chi connectivity index (χ2v) is 7.31. The number of ether oxygens (including phenoxy) is 2. The van der Waals surface area contributed by atoms with E-state index in [4.69, 9.17) is 9.47 Å². The molecule has 1 aliphatic rings. The summed E-state index contributed by atoms with van der Waals surface area (Å²) in [6.07, 6.45) is 5.25. The lowest BCUT2D eigenvalue weighted by molar-refractivity contribution is 0.0500. The van der Waals surface area contributed by atoms with Crippen molar-refractivity contribution in [3.05, 3.63) is 70.3 Å². The van der Waals surface area contributed by atoms with Crippen LogP contribution in [0.4, 0.5) is 0 Å². The molecule has 158 valence electrons. The maximum absolute atomic E-state index is 12.1. The summed E-state index contributed by atoms with van der Waals surface area (Å²) in [4.78, 5) is 30.6. The van der Waals surface area contributed by atoms with Gasteiger partial charge in [-0.05, 0) is 55.2 Å². The van der Waals surface area contributed by atoms with E-state index in [1.54, 1.807) is 12.3 Å². The van der Waals surface area contributed by atoms with E-state index in [9.17, 15) is 9.59 Å². The topological polar surface area (TPSA) is 93.3 Å². The van der Waals surface area contributed by atoms with Crippen LogP contribution >= 0.6 is 0 Å². The van der Waals surface area contributed by atoms with Gasteiger partial charge in [0, 0.05) is 36.6 Å². The van der Waals surface area contributed by atoms with Gasteiger partial charge in [-0.15, -0.1) is 0 Å². The van der Waals surface area contributed by atoms with E-state index in [-0.39, 0.29) is 12.1 Å². The molecule has 0 atom stereocenters. The minimum atomic E-state index is -0.456. The Morgan fingerprint density at radius 1 is 1.26 bits per heavy atom. The number of nitrogens with zero attached hydrogens (tertiary/aromatic N) is 1. The zero-order chi connectivity index (χ0) is 21.5. The van der Waals surface area contributed by atoms with Crippen LogP contribution < -0.4 is 15.6 Å². The molecule has 0 bridgehead atoms. The lowest BCUT2D eigenvalue weighted by Crippen LogP contribution is -2.29. The number of amides is 1. The first-order chi connectivity index (χ1) is 15.2. The summed E-state index contributed by atoms with van der Waals surface area (Å²) in [6.45, 7) is 2.37. The molecule has 1 amide bonds. The van der Waals surface area contributed by atoms with Gasteiger partial charge in [0.05, 0.1) is 18.7 Å². The van der Waals surface area contributed by atoms with Crippen molar-refractivity contribution in [3.63, 3.8) is 0 Å². The number of pyridine rings is 2. The molecule has 0 saturated carbocycles. The van der Waals surface area contributed by atoms with Crippen molar-refractivity contribution in [3.8, 4) is 17.6 Å². The van der Waals surface area contributed by atoms with Crippen molar-refractivity contribution in [2.24, 2.45) is 5.92 Å². The summed E-state index contributed by atoms with van der Waals surface area (Å²) in [6, 6.07) is 10.7. The van der Waals surface area contributed by atoms with Crippen LogP contribution in [0.5, 0.6) is 5.75 Å². The number of benzene rings is 1. The molecule has 7 heteroatoms. The predicted octanol–water partition coefficient (Wildman–Crippen LogP) is 2.51. The molecular formula is C24H23N3O4. The van der Waals surface area contributed by atoms with Crippen molar-refractivity contribution in [2.75, 3.05) is 26.4 Å². The molecule has 1 saturated heterocycles. The Labute approximate surface area is 179 Å². The van der Waals surface area contributed by atoms with Crippen LogP contribution in [0, 0.1) is 17.8 Å². The Morgan fingerprint density at radius 3 is 2.97 bits per heavy atom. The average Bonchev–Trinajstić information content (AvgIpc) is 2.81. The minimum Gasteiger partial charge on any atom is -0.493 e. The van der Waals surface area contributed by atoms with Gasteiger partial charge in [-0.2, -0.15) is 0 Å². The van der Waals surface area contributed by atoms with Crippen molar-refractivity contribution < 1.29 is 14.3 Å². The highest BCUT2D eigenvalue weighted by atomic mass is 16.5. The first-order valence-corrected chi connectivity index (χ1v) is 10.2. The third-order valence-electron chi connectivity index (χ3n) is 5.15. The summed E-state index contributed by atoms with van der Waals surface area (Å²) in [5.74, 6) is 6.79. The summed E-state index contributed by atoms with van der Waals surface area (Å²) >= 11 is 0. The van der Waals surface area contributed by atoms with Crippen LogP contribution in [0.15, 0.2) is 53.6 Å². The fraction of sp³-hybridized carbons (Fsp3) is 0.292. The van der Waals surface area contributed by atoms with E-state index in [2.05, 4.69) is 27.1 Å². The van der Waals surface area contributed by atoms with E-state index in [0.29, 0.717) is 12.5 Å². The number of H-pyrrole nitrogens is 1. The van der Waals surface area contributed by atoms with Crippen LogP contribution in [0.3, 0.4) is 0 Å². The molecule has 7 nitrogen and oxygen atoms in total. The molecular weight excluding hydrogens is 394 g/mol. The Morgan fingerprint density at radius 2 is 2.13 bits per heavy atom. The molecule has 3 heterocycles. The van der Waals surface area contributed by atoms with Crippen LogP contribution in [0.25, 0.3) is 10.9 Å². The normalized spacial score (nSPS) is 13.9. The van der Waals surface area contributed by atoms with E-state index in [1.165, 1.54) is 12.3 Å². The van der Waals surface area contributed by atoms with Gasteiger partial charge in [0.1, 0.15) is 11.3 Å². The van der Waals surface area contributed by atoms with Gasteiger partial charge in [0.2, 0.25) is 0 Å². The Bertz CT molecular complexity index is 1190. The second-order valence-electron chi connectivity index (χ2n) is 7.31. The molecule has 2 N–H and O–H groups in total. The second kappa shape index (κ2) is 9.92. The molecule has 0 aliphatic carbocycles. The zero-order valence-electron chi connectivity index (χ0n) is 17.0. The Balaban J connectivity index is 1.42. The third kappa shape index (κ3) is 5.30. The van der Waals surface area contributed by atoms with E-state index in [1.807, 2.05) is 24.3 Å². The van der Waals surface area contributed by atoms with E-state index in [0.717, 1.165) is 48.3 Å². The molecule has 4 rings (SSSR count). The summed E-state index contributed by atoms with van der Waals surface area (Å²) in [7, 11) is 0. The van der Waals surface area contributed by atoms with Gasteiger partial charge in [0.25, 0.3) is 11.5 Å². The van der Waals surface area contributed by atoms with Gasteiger partial charge in [-0.3, -0.25) is 14.6 Å². The monoisotopic (exact) mass is 417 g/mol. The summed E-state index contributed by atoms with van der Waals surface area (Å²) < 4.78 is 11.5.